The number of carbonyl (C=O) groups is 2. The Morgan fingerprint density at radius 1 is 1.04 bits per heavy atom. The van der Waals surface area contributed by atoms with Crippen LogP contribution in [0.3, 0.4) is 0 Å². The van der Waals surface area contributed by atoms with Gasteiger partial charge >= 0.3 is 11.8 Å². The van der Waals surface area contributed by atoms with E-state index in [2.05, 4.69) is 20.8 Å². The minimum absolute atomic E-state index is 0.149. The molecule has 0 aliphatic rings. The summed E-state index contributed by atoms with van der Waals surface area (Å²) >= 11 is 11.8. The molecule has 0 unspecified atom stereocenters. The molecule has 0 saturated heterocycles. The largest absolute Gasteiger partial charge is 0.350 e. The van der Waals surface area contributed by atoms with Crippen LogP contribution in [-0.2, 0) is 0 Å². The molecule has 144 valence electrons. The highest BCUT2D eigenvalue weighted by Crippen LogP contribution is 2.20. The predicted molar refractivity (Wildman–Crippen MR) is 106 cm³/mol. The van der Waals surface area contributed by atoms with Crippen molar-refractivity contribution in [3.05, 3.63) is 69.5 Å². The van der Waals surface area contributed by atoms with Crippen molar-refractivity contribution in [2.24, 2.45) is 0 Å². The SMILES string of the molecule is Cc1cccc(-c2noc(C(=O)NCCNC(=O)c3ccc(Cl)cc3Cl)n2)c1. The summed E-state index contributed by atoms with van der Waals surface area (Å²) in [4.78, 5) is 28.3. The van der Waals surface area contributed by atoms with Gasteiger partial charge in [0.1, 0.15) is 0 Å². The zero-order valence-electron chi connectivity index (χ0n) is 14.8. The lowest BCUT2D eigenvalue weighted by Gasteiger charge is -2.07. The number of hydrogen-bond donors (Lipinski definition) is 2. The standard InChI is InChI=1S/C19H16Cl2N4O3/c1-11-3-2-4-12(9-11)16-24-19(28-25-16)18(27)23-8-7-22-17(26)14-6-5-13(20)10-15(14)21/h2-6,9-10H,7-8H2,1H3,(H,22,26)(H,23,27). The first-order valence-corrected chi connectivity index (χ1v) is 9.12. The Hall–Kier alpha value is -2.90. The zero-order chi connectivity index (χ0) is 20.1. The number of amides is 2. The Kier molecular flexibility index (Phi) is 6.28. The van der Waals surface area contributed by atoms with Crippen LogP contribution < -0.4 is 10.6 Å². The molecule has 0 saturated carbocycles. The third-order valence-corrected chi connectivity index (χ3v) is 4.32. The van der Waals surface area contributed by atoms with Gasteiger partial charge in [0.25, 0.3) is 5.91 Å². The van der Waals surface area contributed by atoms with Crippen LogP contribution in [-0.4, -0.2) is 35.0 Å². The van der Waals surface area contributed by atoms with E-state index < -0.39 is 5.91 Å². The molecule has 0 aliphatic heterocycles. The highest BCUT2D eigenvalue weighted by Gasteiger charge is 2.16. The lowest BCUT2D eigenvalue weighted by molar-refractivity contribution is 0.0898. The number of nitrogens with zero attached hydrogens (tertiary/aromatic N) is 2. The molecule has 7 nitrogen and oxygen atoms in total. The minimum atomic E-state index is -0.523. The van der Waals surface area contributed by atoms with E-state index in [0.717, 1.165) is 11.1 Å². The van der Waals surface area contributed by atoms with E-state index in [9.17, 15) is 9.59 Å². The Balaban J connectivity index is 1.50. The number of hydrogen-bond acceptors (Lipinski definition) is 5. The van der Waals surface area contributed by atoms with E-state index in [1.54, 1.807) is 6.07 Å². The third kappa shape index (κ3) is 4.88. The fraction of sp³-hybridized carbons (Fsp3) is 0.158. The Morgan fingerprint density at radius 3 is 2.50 bits per heavy atom. The van der Waals surface area contributed by atoms with Crippen molar-refractivity contribution in [2.45, 2.75) is 6.92 Å². The van der Waals surface area contributed by atoms with Gasteiger partial charge in [0.2, 0.25) is 5.82 Å². The van der Waals surface area contributed by atoms with Crippen LogP contribution in [0.4, 0.5) is 0 Å². The predicted octanol–water partition coefficient (Wildman–Crippen LogP) is 3.51. The second kappa shape index (κ2) is 8.86. The Bertz CT molecular complexity index is 1020. The summed E-state index contributed by atoms with van der Waals surface area (Å²) in [6.45, 7) is 2.32. The molecule has 3 rings (SSSR count). The van der Waals surface area contributed by atoms with Crippen LogP contribution in [0.25, 0.3) is 11.4 Å². The molecule has 0 radical (unpaired) electrons. The number of aryl methyl sites for hydroxylation is 1. The average Bonchev–Trinajstić information content (AvgIpc) is 3.15. The molecule has 9 heteroatoms. The molecule has 0 spiro atoms. The van der Waals surface area contributed by atoms with Gasteiger partial charge in [-0.15, -0.1) is 0 Å². The lowest BCUT2D eigenvalue weighted by atomic mass is 10.1. The summed E-state index contributed by atoms with van der Waals surface area (Å²) in [5.74, 6) is -0.705. The molecule has 28 heavy (non-hydrogen) atoms. The Labute approximate surface area is 171 Å². The molecule has 2 aromatic carbocycles. The van der Waals surface area contributed by atoms with Gasteiger partial charge < -0.3 is 15.2 Å². The van der Waals surface area contributed by atoms with Gasteiger partial charge in [0.05, 0.1) is 10.6 Å². The van der Waals surface area contributed by atoms with Gasteiger partial charge in [-0.25, -0.2) is 0 Å². The van der Waals surface area contributed by atoms with Gasteiger partial charge in [0.15, 0.2) is 0 Å². The summed E-state index contributed by atoms with van der Waals surface area (Å²) < 4.78 is 5.00. The van der Waals surface area contributed by atoms with Crippen LogP contribution in [0.5, 0.6) is 0 Å². The number of nitrogens with one attached hydrogen (secondary N) is 2. The van der Waals surface area contributed by atoms with Crippen LogP contribution >= 0.6 is 23.2 Å². The first kappa shape index (κ1) is 19.9. The quantitative estimate of drug-likeness (QED) is 0.596. The van der Waals surface area contributed by atoms with Crippen LogP contribution in [0, 0.1) is 6.92 Å². The molecule has 0 fully saturated rings. The second-order valence-corrected chi connectivity index (χ2v) is 6.77. The van der Waals surface area contributed by atoms with Crippen molar-refractivity contribution in [3.63, 3.8) is 0 Å². The molecule has 0 bridgehead atoms. The maximum Gasteiger partial charge on any atom is 0.316 e. The second-order valence-electron chi connectivity index (χ2n) is 5.93. The molecule has 2 amide bonds. The number of aromatic nitrogens is 2. The first-order chi connectivity index (χ1) is 13.4. The smallest absolute Gasteiger partial charge is 0.316 e. The fourth-order valence-corrected chi connectivity index (χ4v) is 2.91. The molecule has 0 aliphatic carbocycles. The van der Waals surface area contributed by atoms with Gasteiger partial charge in [-0.1, -0.05) is 52.1 Å². The Morgan fingerprint density at radius 2 is 1.79 bits per heavy atom. The summed E-state index contributed by atoms with van der Waals surface area (Å²) in [6, 6.07) is 12.1. The van der Waals surface area contributed by atoms with Gasteiger partial charge in [-0.2, -0.15) is 4.98 Å². The highest BCUT2D eigenvalue weighted by molar-refractivity contribution is 6.36. The lowest BCUT2D eigenvalue weighted by Crippen LogP contribution is -2.34. The van der Waals surface area contributed by atoms with E-state index in [1.165, 1.54) is 12.1 Å². The van der Waals surface area contributed by atoms with Gasteiger partial charge in [-0.05, 0) is 31.2 Å². The monoisotopic (exact) mass is 418 g/mol. The van der Waals surface area contributed by atoms with Crippen molar-refractivity contribution in [1.29, 1.82) is 0 Å². The highest BCUT2D eigenvalue weighted by atomic mass is 35.5. The number of benzene rings is 2. The van der Waals surface area contributed by atoms with Gasteiger partial charge in [-0.3, -0.25) is 9.59 Å². The van der Waals surface area contributed by atoms with E-state index >= 15 is 0 Å². The third-order valence-electron chi connectivity index (χ3n) is 3.77. The van der Waals surface area contributed by atoms with Crippen LogP contribution in [0.15, 0.2) is 47.0 Å². The normalized spacial score (nSPS) is 10.5. The van der Waals surface area contributed by atoms with E-state index in [1.807, 2.05) is 31.2 Å². The number of rotatable bonds is 6. The molecule has 2 N–H and O–H groups in total. The van der Waals surface area contributed by atoms with E-state index in [-0.39, 0.29) is 29.9 Å². The molecule has 3 aromatic rings. The van der Waals surface area contributed by atoms with Crippen molar-refractivity contribution >= 4 is 35.0 Å². The fourth-order valence-electron chi connectivity index (χ4n) is 2.41. The first-order valence-electron chi connectivity index (χ1n) is 8.36. The maximum absolute atomic E-state index is 12.1. The summed E-state index contributed by atoms with van der Waals surface area (Å²) in [6.07, 6.45) is 0. The average molecular weight is 419 g/mol. The summed E-state index contributed by atoms with van der Waals surface area (Å²) in [5, 5.41) is 9.77. The minimum Gasteiger partial charge on any atom is -0.350 e. The molecule has 0 atom stereocenters. The summed E-state index contributed by atoms with van der Waals surface area (Å²) in [7, 11) is 0. The van der Waals surface area contributed by atoms with Crippen molar-refractivity contribution in [1.82, 2.24) is 20.8 Å². The van der Waals surface area contributed by atoms with Crippen LogP contribution in [0.1, 0.15) is 26.6 Å². The van der Waals surface area contributed by atoms with Crippen molar-refractivity contribution in [2.75, 3.05) is 13.1 Å². The van der Waals surface area contributed by atoms with Crippen molar-refractivity contribution < 1.29 is 14.1 Å². The molecule has 1 aromatic heterocycles. The number of carbonyl (C=O) groups excluding carboxylic acids is 2. The topological polar surface area (TPSA) is 97.1 Å². The van der Waals surface area contributed by atoms with Crippen LogP contribution in [0.2, 0.25) is 10.0 Å². The molecular formula is C19H16Cl2N4O3. The van der Waals surface area contributed by atoms with E-state index in [4.69, 9.17) is 27.7 Å². The molecule has 1 heterocycles. The van der Waals surface area contributed by atoms with Gasteiger partial charge in [0, 0.05) is 23.7 Å². The molecular weight excluding hydrogens is 403 g/mol. The van der Waals surface area contributed by atoms with E-state index in [0.29, 0.717) is 16.4 Å². The maximum atomic E-state index is 12.1. The number of halogens is 2. The van der Waals surface area contributed by atoms with Crippen molar-refractivity contribution in [3.8, 4) is 11.4 Å². The summed E-state index contributed by atoms with van der Waals surface area (Å²) in [5.41, 5.74) is 2.11. The zero-order valence-corrected chi connectivity index (χ0v) is 16.3.